The number of phenols is 1. The molecule has 0 atom stereocenters. The van der Waals surface area contributed by atoms with Gasteiger partial charge in [-0.15, -0.1) is 14.8 Å². The molecule has 0 unspecified atom stereocenters. The molecule has 0 aliphatic rings. The van der Waals surface area contributed by atoms with Gasteiger partial charge in [-0.1, -0.05) is 12.1 Å². The van der Waals surface area contributed by atoms with Gasteiger partial charge in [0.1, 0.15) is 11.6 Å². The highest BCUT2D eigenvalue weighted by Crippen LogP contribution is 2.11. The minimum Gasteiger partial charge on any atom is -0.508 e. The molecule has 18 heavy (non-hydrogen) atoms. The average molecular weight is 242 g/mol. The summed E-state index contributed by atoms with van der Waals surface area (Å²) in [7, 11) is 0. The van der Waals surface area contributed by atoms with Gasteiger partial charge in [0.2, 0.25) is 0 Å². The zero-order valence-corrected chi connectivity index (χ0v) is 9.35. The number of nitrogens with zero attached hydrogens (tertiary/aromatic N) is 5. The molecular formula is C11H10N6O. The second-order valence-corrected chi connectivity index (χ2v) is 3.77. The fourth-order valence-electron chi connectivity index (χ4n) is 1.55. The second-order valence-electron chi connectivity index (χ2n) is 3.77. The summed E-state index contributed by atoms with van der Waals surface area (Å²) in [5.41, 5.74) is 1.65. The van der Waals surface area contributed by atoms with Crippen LogP contribution in [0.25, 0.3) is 5.65 Å². The van der Waals surface area contributed by atoms with Gasteiger partial charge in [-0.05, 0) is 40.3 Å². The lowest BCUT2D eigenvalue weighted by molar-refractivity contribution is 0.475. The number of tetrazole rings is 1. The molecule has 2 N–H and O–H groups in total. The van der Waals surface area contributed by atoms with Gasteiger partial charge in [0.15, 0.2) is 5.65 Å². The first kappa shape index (κ1) is 10.5. The number of aromatic nitrogens is 5. The molecule has 2 heterocycles. The maximum atomic E-state index is 9.18. The average Bonchev–Trinajstić information content (AvgIpc) is 2.85. The molecule has 0 radical (unpaired) electrons. The van der Waals surface area contributed by atoms with Crippen molar-refractivity contribution in [1.29, 1.82) is 0 Å². The fourth-order valence-corrected chi connectivity index (χ4v) is 1.55. The van der Waals surface area contributed by atoms with Crippen molar-refractivity contribution in [2.24, 2.45) is 0 Å². The summed E-state index contributed by atoms with van der Waals surface area (Å²) in [5, 5.41) is 27.5. The summed E-state index contributed by atoms with van der Waals surface area (Å²) >= 11 is 0. The van der Waals surface area contributed by atoms with E-state index >= 15 is 0 Å². The Balaban J connectivity index is 1.74. The standard InChI is InChI=1S/C11H10N6O/c18-9-3-1-8(2-4-9)7-12-10-5-6-11-13-15-16-17(11)14-10/h1-6,18H,7H2,(H,12,14). The molecule has 3 rings (SSSR count). The normalized spacial score (nSPS) is 10.7. The first-order valence-corrected chi connectivity index (χ1v) is 5.38. The van der Waals surface area contributed by atoms with Crippen LogP contribution in [-0.4, -0.2) is 30.4 Å². The Morgan fingerprint density at radius 2 is 1.94 bits per heavy atom. The molecule has 0 aliphatic carbocycles. The molecule has 0 aliphatic heterocycles. The van der Waals surface area contributed by atoms with Crippen LogP contribution in [0, 0.1) is 0 Å². The van der Waals surface area contributed by atoms with Gasteiger partial charge in [0, 0.05) is 6.54 Å². The number of hydrogen-bond donors (Lipinski definition) is 2. The van der Waals surface area contributed by atoms with Crippen molar-refractivity contribution in [2.45, 2.75) is 6.54 Å². The van der Waals surface area contributed by atoms with E-state index in [1.807, 2.05) is 18.2 Å². The van der Waals surface area contributed by atoms with E-state index in [1.54, 1.807) is 18.2 Å². The van der Waals surface area contributed by atoms with Crippen LogP contribution in [0.3, 0.4) is 0 Å². The summed E-state index contributed by atoms with van der Waals surface area (Å²) in [6.07, 6.45) is 0. The van der Waals surface area contributed by atoms with E-state index in [9.17, 15) is 5.11 Å². The summed E-state index contributed by atoms with van der Waals surface area (Å²) in [6, 6.07) is 10.6. The number of hydrogen-bond acceptors (Lipinski definition) is 6. The second kappa shape index (κ2) is 4.28. The zero-order valence-electron chi connectivity index (χ0n) is 9.35. The van der Waals surface area contributed by atoms with Crippen LogP contribution in [-0.2, 0) is 6.54 Å². The van der Waals surface area contributed by atoms with Crippen LogP contribution in [0.4, 0.5) is 5.82 Å². The third-order valence-corrected chi connectivity index (χ3v) is 2.48. The quantitative estimate of drug-likeness (QED) is 0.707. The number of anilines is 1. The Morgan fingerprint density at radius 3 is 2.78 bits per heavy atom. The number of benzene rings is 1. The predicted molar refractivity (Wildman–Crippen MR) is 64.0 cm³/mol. The molecule has 1 aromatic carbocycles. The van der Waals surface area contributed by atoms with E-state index in [2.05, 4.69) is 25.9 Å². The lowest BCUT2D eigenvalue weighted by Gasteiger charge is -2.05. The van der Waals surface area contributed by atoms with Crippen molar-refractivity contribution < 1.29 is 5.11 Å². The Morgan fingerprint density at radius 1 is 1.11 bits per heavy atom. The van der Waals surface area contributed by atoms with Crippen molar-refractivity contribution in [3.63, 3.8) is 0 Å². The van der Waals surface area contributed by atoms with E-state index in [1.165, 1.54) is 4.63 Å². The fraction of sp³-hybridized carbons (Fsp3) is 0.0909. The Bertz CT molecular complexity index is 663. The molecule has 7 heteroatoms. The minimum absolute atomic E-state index is 0.256. The third kappa shape index (κ3) is 2.05. The highest BCUT2D eigenvalue weighted by molar-refractivity contribution is 5.42. The van der Waals surface area contributed by atoms with Gasteiger partial charge in [0.25, 0.3) is 0 Å². The topological polar surface area (TPSA) is 88.2 Å². The van der Waals surface area contributed by atoms with Crippen LogP contribution in [0.1, 0.15) is 5.56 Å². The lowest BCUT2D eigenvalue weighted by atomic mass is 10.2. The Hall–Kier alpha value is -2.70. The molecule has 90 valence electrons. The van der Waals surface area contributed by atoms with E-state index in [-0.39, 0.29) is 5.75 Å². The van der Waals surface area contributed by atoms with Gasteiger partial charge >= 0.3 is 0 Å². The van der Waals surface area contributed by atoms with Gasteiger partial charge in [-0.2, -0.15) is 0 Å². The number of phenolic OH excluding ortho intramolecular Hbond substituents is 1. The summed E-state index contributed by atoms with van der Waals surface area (Å²) in [6.45, 7) is 0.612. The van der Waals surface area contributed by atoms with Crippen molar-refractivity contribution in [2.75, 3.05) is 5.32 Å². The smallest absolute Gasteiger partial charge is 0.200 e. The lowest BCUT2D eigenvalue weighted by Crippen LogP contribution is -2.04. The molecule has 0 saturated heterocycles. The molecule has 0 fully saturated rings. The molecule has 0 amide bonds. The summed E-state index contributed by atoms with van der Waals surface area (Å²) in [5.74, 6) is 0.940. The van der Waals surface area contributed by atoms with E-state index < -0.39 is 0 Å². The van der Waals surface area contributed by atoms with Crippen LogP contribution in [0.2, 0.25) is 0 Å². The molecule has 0 saturated carbocycles. The van der Waals surface area contributed by atoms with Gasteiger partial charge < -0.3 is 10.4 Å². The van der Waals surface area contributed by atoms with Gasteiger partial charge in [-0.25, -0.2) is 0 Å². The number of nitrogens with one attached hydrogen (secondary N) is 1. The summed E-state index contributed by atoms with van der Waals surface area (Å²) < 4.78 is 1.36. The van der Waals surface area contributed by atoms with Crippen molar-refractivity contribution in [3.05, 3.63) is 42.0 Å². The van der Waals surface area contributed by atoms with Crippen molar-refractivity contribution >= 4 is 11.5 Å². The monoisotopic (exact) mass is 242 g/mol. The van der Waals surface area contributed by atoms with Gasteiger partial charge in [-0.3, -0.25) is 0 Å². The molecule has 7 nitrogen and oxygen atoms in total. The highest BCUT2D eigenvalue weighted by atomic mass is 16.3. The maximum Gasteiger partial charge on any atom is 0.200 e. The number of fused-ring (bicyclic) bond motifs is 1. The Kier molecular flexibility index (Phi) is 2.49. The van der Waals surface area contributed by atoms with Crippen LogP contribution in [0.5, 0.6) is 5.75 Å². The highest BCUT2D eigenvalue weighted by Gasteiger charge is 2.00. The minimum atomic E-state index is 0.256. The van der Waals surface area contributed by atoms with Crippen LogP contribution >= 0.6 is 0 Å². The maximum absolute atomic E-state index is 9.18. The number of aromatic hydroxyl groups is 1. The molecule has 2 aromatic heterocycles. The van der Waals surface area contributed by atoms with Crippen molar-refractivity contribution in [3.8, 4) is 5.75 Å². The first-order valence-electron chi connectivity index (χ1n) is 5.38. The first-order chi connectivity index (χ1) is 8.81. The van der Waals surface area contributed by atoms with Crippen molar-refractivity contribution in [1.82, 2.24) is 25.3 Å². The molecule has 0 bridgehead atoms. The van der Waals surface area contributed by atoms with E-state index in [0.717, 1.165) is 5.56 Å². The predicted octanol–water partition coefficient (Wildman–Crippen LogP) is 0.837. The molecular weight excluding hydrogens is 232 g/mol. The Labute approximate surface area is 102 Å². The molecule has 3 aromatic rings. The van der Waals surface area contributed by atoms with Gasteiger partial charge in [0.05, 0.1) is 0 Å². The van der Waals surface area contributed by atoms with E-state index in [4.69, 9.17) is 0 Å². The van der Waals surface area contributed by atoms with Crippen LogP contribution in [0.15, 0.2) is 36.4 Å². The largest absolute Gasteiger partial charge is 0.508 e. The van der Waals surface area contributed by atoms with E-state index in [0.29, 0.717) is 18.0 Å². The third-order valence-electron chi connectivity index (χ3n) is 2.48. The number of rotatable bonds is 3. The van der Waals surface area contributed by atoms with Crippen LogP contribution < -0.4 is 5.32 Å². The molecule has 0 spiro atoms. The zero-order chi connectivity index (χ0) is 12.4. The summed E-state index contributed by atoms with van der Waals surface area (Å²) in [4.78, 5) is 0. The SMILES string of the molecule is Oc1ccc(CNc2ccc3nnnn3n2)cc1.